The zero-order valence-corrected chi connectivity index (χ0v) is 7.98. The lowest BCUT2D eigenvalue weighted by Crippen LogP contribution is -2.02. The molecule has 0 amide bonds. The van der Waals surface area contributed by atoms with E-state index in [1.54, 1.807) is 0 Å². The van der Waals surface area contributed by atoms with Crippen LogP contribution in [0.4, 0.5) is 8.78 Å². The Kier molecular flexibility index (Phi) is 3.23. The fourth-order valence-corrected chi connectivity index (χ4v) is 1.11. The molecule has 7 heteroatoms. The number of aromatic hydroxyl groups is 1. The Morgan fingerprint density at radius 1 is 1.57 bits per heavy atom. The van der Waals surface area contributed by atoms with Crippen LogP contribution in [0.1, 0.15) is 22.5 Å². The van der Waals surface area contributed by atoms with Crippen LogP contribution in [0, 0.1) is 0 Å². The van der Waals surface area contributed by atoms with Gasteiger partial charge in [-0.05, 0) is 17.7 Å². The van der Waals surface area contributed by atoms with Crippen LogP contribution in [0.2, 0.25) is 5.15 Å². The second-order valence-electron chi connectivity index (χ2n) is 2.31. The van der Waals surface area contributed by atoms with Crippen LogP contribution in [0.25, 0.3) is 0 Å². The minimum atomic E-state index is -2.96. The van der Waals surface area contributed by atoms with Crippen molar-refractivity contribution < 1.29 is 18.7 Å². The summed E-state index contributed by atoms with van der Waals surface area (Å²) in [6.45, 7) is 0. The van der Waals surface area contributed by atoms with Gasteiger partial charge in [-0.25, -0.2) is 13.8 Å². The molecule has 0 saturated heterocycles. The number of rotatable bonds is 2. The van der Waals surface area contributed by atoms with Crippen LogP contribution in [0.5, 0.6) is 5.75 Å². The van der Waals surface area contributed by atoms with E-state index in [1.807, 2.05) is 0 Å². The van der Waals surface area contributed by atoms with Crippen molar-refractivity contribution in [3.63, 3.8) is 0 Å². The van der Waals surface area contributed by atoms with E-state index >= 15 is 0 Å². The highest BCUT2D eigenvalue weighted by molar-refractivity contribution is 6.67. The van der Waals surface area contributed by atoms with Gasteiger partial charge in [0.05, 0.1) is 5.56 Å². The highest BCUT2D eigenvalue weighted by Gasteiger charge is 2.21. The highest BCUT2D eigenvalue weighted by Crippen LogP contribution is 2.30. The van der Waals surface area contributed by atoms with Crippen molar-refractivity contribution >= 4 is 28.4 Å². The van der Waals surface area contributed by atoms with E-state index in [2.05, 4.69) is 4.98 Å². The third kappa shape index (κ3) is 2.10. The van der Waals surface area contributed by atoms with Gasteiger partial charge in [0, 0.05) is 0 Å². The molecule has 0 unspecified atom stereocenters. The predicted molar refractivity (Wildman–Crippen MR) is 46.1 cm³/mol. The molecular formula is C7H3Cl2F2NO2. The first-order valence-corrected chi connectivity index (χ1v) is 4.06. The second-order valence-corrected chi connectivity index (χ2v) is 3.01. The Morgan fingerprint density at radius 3 is 2.57 bits per heavy atom. The number of alkyl halides is 2. The molecule has 1 aromatic heterocycles. The molecule has 0 atom stereocenters. The first-order valence-electron chi connectivity index (χ1n) is 3.31. The van der Waals surface area contributed by atoms with E-state index in [4.69, 9.17) is 28.3 Å². The lowest BCUT2D eigenvalue weighted by Gasteiger charge is -2.05. The number of hydrogen-bond donors (Lipinski definition) is 1. The van der Waals surface area contributed by atoms with E-state index in [0.29, 0.717) is 6.07 Å². The van der Waals surface area contributed by atoms with Crippen molar-refractivity contribution in [3.05, 3.63) is 22.5 Å². The van der Waals surface area contributed by atoms with Crippen LogP contribution in [-0.4, -0.2) is 15.3 Å². The summed E-state index contributed by atoms with van der Waals surface area (Å²) in [6, 6.07) is 0.662. The summed E-state index contributed by atoms with van der Waals surface area (Å²) in [6.07, 6.45) is -2.96. The summed E-state index contributed by atoms with van der Waals surface area (Å²) < 4.78 is 24.6. The minimum Gasteiger partial charge on any atom is -0.505 e. The number of hydrogen-bond acceptors (Lipinski definition) is 3. The van der Waals surface area contributed by atoms with Crippen molar-refractivity contribution in [2.75, 3.05) is 0 Å². The molecule has 0 spiro atoms. The predicted octanol–water partition coefficient (Wildman–Crippen LogP) is 2.76. The number of aromatic nitrogens is 1. The maximum Gasteiger partial charge on any atom is 0.271 e. The fourth-order valence-electron chi connectivity index (χ4n) is 0.819. The molecular weight excluding hydrogens is 239 g/mol. The van der Waals surface area contributed by atoms with E-state index in [0.717, 1.165) is 0 Å². The molecule has 1 aromatic rings. The molecule has 0 bridgehead atoms. The van der Waals surface area contributed by atoms with Crippen LogP contribution in [0.3, 0.4) is 0 Å². The molecule has 1 heterocycles. The summed E-state index contributed by atoms with van der Waals surface area (Å²) in [5.41, 5.74) is -1.39. The average Bonchev–Trinajstić information content (AvgIpc) is 2.08. The molecule has 0 aliphatic heterocycles. The monoisotopic (exact) mass is 241 g/mol. The zero-order chi connectivity index (χ0) is 10.9. The van der Waals surface area contributed by atoms with E-state index in [9.17, 15) is 13.6 Å². The van der Waals surface area contributed by atoms with Crippen LogP contribution in [-0.2, 0) is 0 Å². The molecule has 14 heavy (non-hydrogen) atoms. The van der Waals surface area contributed by atoms with Crippen molar-refractivity contribution in [1.29, 1.82) is 0 Å². The number of carbonyl (C=O) groups is 1. The van der Waals surface area contributed by atoms with Gasteiger partial charge in [0.15, 0.2) is 10.9 Å². The molecule has 3 nitrogen and oxygen atoms in total. The van der Waals surface area contributed by atoms with Crippen molar-refractivity contribution in [1.82, 2.24) is 4.98 Å². The van der Waals surface area contributed by atoms with E-state index in [-0.39, 0.29) is 0 Å². The molecule has 0 saturated carbocycles. The van der Waals surface area contributed by atoms with Gasteiger partial charge in [0.1, 0.15) is 5.69 Å². The maximum absolute atomic E-state index is 12.3. The molecule has 76 valence electrons. The maximum atomic E-state index is 12.3. The lowest BCUT2D eigenvalue weighted by molar-refractivity contribution is 0.106. The van der Waals surface area contributed by atoms with Crippen molar-refractivity contribution in [2.24, 2.45) is 0 Å². The third-order valence-corrected chi connectivity index (χ3v) is 1.87. The van der Waals surface area contributed by atoms with Crippen LogP contribution >= 0.6 is 23.2 Å². The van der Waals surface area contributed by atoms with Crippen molar-refractivity contribution in [3.8, 4) is 5.75 Å². The molecule has 0 aliphatic rings. The summed E-state index contributed by atoms with van der Waals surface area (Å²) >= 11 is 10.3. The van der Waals surface area contributed by atoms with E-state index in [1.165, 1.54) is 0 Å². The first-order chi connectivity index (χ1) is 6.43. The Morgan fingerprint density at radius 2 is 2.14 bits per heavy atom. The summed E-state index contributed by atoms with van der Waals surface area (Å²) in [7, 11) is 0. The van der Waals surface area contributed by atoms with Crippen LogP contribution in [0.15, 0.2) is 6.07 Å². The Labute approximate surface area is 87.3 Å². The summed E-state index contributed by atoms with van der Waals surface area (Å²) in [4.78, 5) is 13.9. The van der Waals surface area contributed by atoms with Gasteiger partial charge in [-0.2, -0.15) is 0 Å². The average molecular weight is 242 g/mol. The van der Waals surface area contributed by atoms with Gasteiger partial charge < -0.3 is 5.11 Å². The lowest BCUT2D eigenvalue weighted by atomic mass is 10.2. The van der Waals surface area contributed by atoms with Gasteiger partial charge in [-0.15, -0.1) is 0 Å². The standard InChI is InChI=1S/C7H3Cl2F2NO2/c8-5-3(13)1-2(7(10)11)4(12-5)6(9)14/h1,7,13H. The van der Waals surface area contributed by atoms with Gasteiger partial charge in [-0.1, -0.05) is 11.6 Å². The second kappa shape index (κ2) is 4.06. The van der Waals surface area contributed by atoms with Crippen molar-refractivity contribution in [2.45, 2.75) is 6.43 Å². The Bertz CT molecular complexity index is 384. The number of pyridine rings is 1. The quantitative estimate of drug-likeness (QED) is 0.640. The van der Waals surface area contributed by atoms with E-state index < -0.39 is 33.8 Å². The Balaban J connectivity index is 3.39. The number of nitrogens with zero attached hydrogens (tertiary/aromatic N) is 1. The number of carbonyl (C=O) groups excluding carboxylic acids is 1. The van der Waals surface area contributed by atoms with Gasteiger partial charge in [0.2, 0.25) is 0 Å². The van der Waals surface area contributed by atoms with Gasteiger partial charge >= 0.3 is 0 Å². The molecule has 0 aliphatic carbocycles. The third-order valence-electron chi connectivity index (χ3n) is 1.41. The smallest absolute Gasteiger partial charge is 0.271 e. The fraction of sp³-hybridized carbons (Fsp3) is 0.143. The molecule has 1 rings (SSSR count). The highest BCUT2D eigenvalue weighted by atomic mass is 35.5. The number of halogens is 4. The summed E-state index contributed by atoms with van der Waals surface area (Å²) in [5.74, 6) is -0.622. The first kappa shape index (κ1) is 11.1. The SMILES string of the molecule is O=C(Cl)c1nc(Cl)c(O)cc1C(F)F. The topological polar surface area (TPSA) is 50.2 Å². The molecule has 0 fully saturated rings. The minimum absolute atomic E-state index is 0.446. The van der Waals surface area contributed by atoms with Gasteiger partial charge in [-0.3, -0.25) is 4.79 Å². The largest absolute Gasteiger partial charge is 0.505 e. The Hall–Kier alpha value is -0.940. The molecule has 1 N–H and O–H groups in total. The van der Waals surface area contributed by atoms with Gasteiger partial charge in [0.25, 0.3) is 11.7 Å². The molecule has 0 radical (unpaired) electrons. The van der Waals surface area contributed by atoms with Crippen LogP contribution < -0.4 is 0 Å². The normalized spacial score (nSPS) is 10.6. The summed E-state index contributed by atoms with van der Waals surface area (Å²) in [5, 5.41) is 7.38. The molecule has 0 aromatic carbocycles. The zero-order valence-electron chi connectivity index (χ0n) is 6.47.